The number of pyridine rings is 1. The number of hydrogen-bond donors (Lipinski definition) is 3. The van der Waals surface area contributed by atoms with E-state index < -0.39 is 0 Å². The molecule has 4 N–H and O–H groups in total. The highest BCUT2D eigenvalue weighted by Gasteiger charge is 2.11. The molecule has 132 valence electrons. The maximum Gasteiger partial charge on any atom is 0.147 e. The summed E-state index contributed by atoms with van der Waals surface area (Å²) >= 11 is 0. The number of nitrogens with one attached hydrogen (secondary N) is 2. The van der Waals surface area contributed by atoms with Gasteiger partial charge in [-0.15, -0.1) is 0 Å². The highest BCUT2D eigenvalue weighted by Crippen LogP contribution is 2.32. The largest absolute Gasteiger partial charge is 0.385 e. The van der Waals surface area contributed by atoms with Crippen molar-refractivity contribution in [2.75, 3.05) is 31.7 Å². The Kier molecular flexibility index (Phi) is 5.24. The Labute approximate surface area is 149 Å². The van der Waals surface area contributed by atoms with Crippen molar-refractivity contribution >= 4 is 22.4 Å². The first-order valence-electron chi connectivity index (χ1n) is 8.85. The number of aromatic amines is 1. The first-order valence-corrected chi connectivity index (χ1v) is 8.85. The monoisotopic (exact) mass is 337 g/mol. The normalized spacial score (nSPS) is 11.4. The summed E-state index contributed by atoms with van der Waals surface area (Å²) in [6.45, 7) is 4.33. The Balaban J connectivity index is 1.89. The van der Waals surface area contributed by atoms with E-state index in [1.807, 2.05) is 13.1 Å². The lowest BCUT2D eigenvalue weighted by atomic mass is 10.1. The zero-order chi connectivity index (χ0) is 17.8. The Hall–Kier alpha value is -2.53. The van der Waals surface area contributed by atoms with E-state index in [0.717, 1.165) is 35.6 Å². The van der Waals surface area contributed by atoms with Crippen LogP contribution in [-0.4, -0.2) is 35.5 Å². The van der Waals surface area contributed by atoms with Crippen LogP contribution in [0, 0.1) is 0 Å². The molecule has 0 aliphatic rings. The smallest absolute Gasteiger partial charge is 0.147 e. The van der Waals surface area contributed by atoms with Gasteiger partial charge in [-0.1, -0.05) is 19.4 Å². The summed E-state index contributed by atoms with van der Waals surface area (Å²) in [7, 11) is 4.05. The molecule has 0 aliphatic carbocycles. The number of anilines is 2. The molecule has 2 heterocycles. The summed E-state index contributed by atoms with van der Waals surface area (Å²) < 4.78 is 0. The molecule has 3 aromatic rings. The molecule has 0 fully saturated rings. The van der Waals surface area contributed by atoms with Crippen LogP contribution in [0.25, 0.3) is 22.2 Å². The maximum atomic E-state index is 5.99. The molecule has 1 aromatic carbocycles. The lowest BCUT2D eigenvalue weighted by Crippen LogP contribution is -2.18. The molecule has 5 nitrogen and oxygen atoms in total. The molecule has 25 heavy (non-hydrogen) atoms. The van der Waals surface area contributed by atoms with Crippen LogP contribution in [0.2, 0.25) is 0 Å². The summed E-state index contributed by atoms with van der Waals surface area (Å²) in [6.07, 6.45) is 4.21. The van der Waals surface area contributed by atoms with Gasteiger partial charge in [-0.25, -0.2) is 4.98 Å². The summed E-state index contributed by atoms with van der Waals surface area (Å²) in [5.74, 6) is 0.511. The summed E-state index contributed by atoms with van der Waals surface area (Å²) in [5, 5.41) is 4.37. The number of benzene rings is 1. The fourth-order valence-electron chi connectivity index (χ4n) is 3.21. The summed E-state index contributed by atoms with van der Waals surface area (Å²) in [6, 6.07) is 10.8. The Morgan fingerprint density at radius 1 is 1.24 bits per heavy atom. The van der Waals surface area contributed by atoms with Crippen molar-refractivity contribution in [2.45, 2.75) is 26.3 Å². The maximum absolute atomic E-state index is 5.99. The predicted octanol–water partition coefficient (Wildman–Crippen LogP) is 4.09. The van der Waals surface area contributed by atoms with Gasteiger partial charge in [0.1, 0.15) is 5.82 Å². The number of fused-ring (bicyclic) bond motifs is 1. The molecule has 5 heteroatoms. The van der Waals surface area contributed by atoms with E-state index in [1.165, 1.54) is 23.8 Å². The van der Waals surface area contributed by atoms with Crippen molar-refractivity contribution in [3.8, 4) is 11.3 Å². The van der Waals surface area contributed by atoms with Gasteiger partial charge >= 0.3 is 0 Å². The molecular formula is C20H27N5. The van der Waals surface area contributed by atoms with E-state index in [1.54, 1.807) is 6.20 Å². The number of rotatable bonds is 7. The molecule has 0 bridgehead atoms. The summed E-state index contributed by atoms with van der Waals surface area (Å²) in [4.78, 5) is 10.0. The number of unbranched alkanes of at least 4 members (excludes halogenated alkanes) is 1. The van der Waals surface area contributed by atoms with Crippen LogP contribution in [0.1, 0.15) is 25.3 Å². The number of H-pyrrole nitrogens is 1. The van der Waals surface area contributed by atoms with E-state index in [9.17, 15) is 0 Å². The molecule has 0 saturated carbocycles. The van der Waals surface area contributed by atoms with Gasteiger partial charge in [0.25, 0.3) is 0 Å². The zero-order valence-corrected chi connectivity index (χ0v) is 15.3. The minimum Gasteiger partial charge on any atom is -0.385 e. The lowest BCUT2D eigenvalue weighted by Gasteiger charge is -2.16. The quantitative estimate of drug-likeness (QED) is 0.607. The van der Waals surface area contributed by atoms with Gasteiger partial charge in [0.05, 0.1) is 5.69 Å². The molecule has 0 amide bonds. The van der Waals surface area contributed by atoms with Crippen LogP contribution < -0.4 is 11.1 Å². The first-order chi connectivity index (χ1) is 12.1. The molecule has 0 spiro atoms. The fraction of sp³-hybridized carbons (Fsp3) is 0.350. The van der Waals surface area contributed by atoms with Crippen LogP contribution >= 0.6 is 0 Å². The standard InChI is InChI=1S/C20H27N5/c1-4-5-10-25(3)13-14-6-7-17-15(11-14)12-18(24-17)16-8-9-23-20(21)19(16)22-2/h6-9,11-12,22,24H,4-5,10,13H2,1-3H3,(H2,21,23). The highest BCUT2D eigenvalue weighted by atomic mass is 15.1. The van der Waals surface area contributed by atoms with Crippen molar-refractivity contribution < 1.29 is 0 Å². The van der Waals surface area contributed by atoms with E-state index in [0.29, 0.717) is 5.82 Å². The number of nitrogens with two attached hydrogens (primary N) is 1. The molecule has 2 aromatic heterocycles. The van der Waals surface area contributed by atoms with E-state index in [-0.39, 0.29) is 0 Å². The lowest BCUT2D eigenvalue weighted by molar-refractivity contribution is 0.321. The van der Waals surface area contributed by atoms with Gasteiger partial charge in [-0.05, 0) is 49.8 Å². The zero-order valence-electron chi connectivity index (χ0n) is 15.3. The van der Waals surface area contributed by atoms with Gasteiger partial charge in [-0.3, -0.25) is 0 Å². The molecule has 0 atom stereocenters. The van der Waals surface area contributed by atoms with Crippen LogP contribution in [-0.2, 0) is 6.54 Å². The number of hydrogen-bond acceptors (Lipinski definition) is 4. The van der Waals surface area contributed by atoms with Gasteiger partial charge in [-0.2, -0.15) is 0 Å². The second-order valence-electron chi connectivity index (χ2n) is 6.56. The van der Waals surface area contributed by atoms with E-state index in [4.69, 9.17) is 5.73 Å². The third-order valence-electron chi connectivity index (χ3n) is 4.55. The Bertz CT molecular complexity index is 852. The number of nitrogens with zero attached hydrogens (tertiary/aromatic N) is 2. The third-order valence-corrected chi connectivity index (χ3v) is 4.55. The molecule has 0 aliphatic heterocycles. The average molecular weight is 337 g/mol. The van der Waals surface area contributed by atoms with Gasteiger partial charge in [0.2, 0.25) is 0 Å². The average Bonchev–Trinajstić information content (AvgIpc) is 3.02. The summed E-state index contributed by atoms with van der Waals surface area (Å²) in [5.41, 5.74) is 11.4. The Morgan fingerprint density at radius 2 is 2.08 bits per heavy atom. The van der Waals surface area contributed by atoms with Crippen molar-refractivity contribution in [2.24, 2.45) is 0 Å². The molecular weight excluding hydrogens is 310 g/mol. The highest BCUT2D eigenvalue weighted by molar-refractivity contribution is 5.91. The predicted molar refractivity (Wildman–Crippen MR) is 107 cm³/mol. The first kappa shape index (κ1) is 17.3. The molecule has 0 saturated heterocycles. The topological polar surface area (TPSA) is 70.0 Å². The minimum absolute atomic E-state index is 0.511. The second-order valence-corrected chi connectivity index (χ2v) is 6.56. The van der Waals surface area contributed by atoms with Crippen molar-refractivity contribution in [1.82, 2.24) is 14.9 Å². The number of nitrogen functional groups attached to an aromatic ring is 1. The van der Waals surface area contributed by atoms with Gasteiger partial charge in [0.15, 0.2) is 0 Å². The van der Waals surface area contributed by atoms with Crippen molar-refractivity contribution in [1.29, 1.82) is 0 Å². The van der Waals surface area contributed by atoms with E-state index in [2.05, 4.69) is 58.4 Å². The molecule has 3 rings (SSSR count). The van der Waals surface area contributed by atoms with Crippen LogP contribution in [0.5, 0.6) is 0 Å². The molecule has 0 radical (unpaired) electrons. The minimum atomic E-state index is 0.511. The van der Waals surface area contributed by atoms with Crippen LogP contribution in [0.4, 0.5) is 11.5 Å². The van der Waals surface area contributed by atoms with E-state index >= 15 is 0 Å². The third kappa shape index (κ3) is 3.77. The van der Waals surface area contributed by atoms with Gasteiger partial charge < -0.3 is 20.9 Å². The number of aromatic nitrogens is 2. The van der Waals surface area contributed by atoms with Crippen molar-refractivity contribution in [3.05, 3.63) is 42.1 Å². The van der Waals surface area contributed by atoms with Crippen LogP contribution in [0.3, 0.4) is 0 Å². The van der Waals surface area contributed by atoms with Crippen molar-refractivity contribution in [3.63, 3.8) is 0 Å². The van der Waals surface area contributed by atoms with Crippen LogP contribution in [0.15, 0.2) is 36.5 Å². The Morgan fingerprint density at radius 3 is 2.84 bits per heavy atom. The fourth-order valence-corrected chi connectivity index (χ4v) is 3.21. The SMILES string of the molecule is CCCCN(C)Cc1ccc2[nH]c(-c3ccnc(N)c3NC)cc2c1. The van der Waals surface area contributed by atoms with Gasteiger partial charge in [0, 0.05) is 41.9 Å². The molecule has 0 unspecified atom stereocenters. The second kappa shape index (κ2) is 7.57.